The molecule has 1 aliphatic heterocycles. The Morgan fingerprint density at radius 1 is 1.23 bits per heavy atom. The number of benzene rings is 1. The summed E-state index contributed by atoms with van der Waals surface area (Å²) < 4.78 is 33.6. The van der Waals surface area contributed by atoms with E-state index in [9.17, 15) is 8.42 Å². The Morgan fingerprint density at radius 2 is 2.00 bits per heavy atom. The number of hydrogen-bond acceptors (Lipinski definition) is 5. The van der Waals surface area contributed by atoms with Crippen molar-refractivity contribution < 1.29 is 13.2 Å². The number of rotatable bonds is 7. The SMILES string of the molecule is COc1ccc(S(=O)(=O)NCC(c2ccsc2)N2CCCCC2)cc1C. The Balaban J connectivity index is 1.76. The molecule has 0 bridgehead atoms. The molecule has 0 aliphatic carbocycles. The number of sulfonamides is 1. The molecule has 142 valence electrons. The molecule has 1 aliphatic rings. The van der Waals surface area contributed by atoms with Crippen LogP contribution in [0.1, 0.15) is 36.4 Å². The number of aryl methyl sites for hydroxylation is 1. The van der Waals surface area contributed by atoms with Gasteiger partial charge in [0.05, 0.1) is 12.0 Å². The number of ether oxygens (including phenoxy) is 1. The highest BCUT2D eigenvalue weighted by Crippen LogP contribution is 2.27. The molecule has 0 spiro atoms. The molecule has 2 aromatic rings. The molecule has 1 atom stereocenters. The number of nitrogens with one attached hydrogen (secondary N) is 1. The first-order chi connectivity index (χ1) is 12.5. The van der Waals surface area contributed by atoms with Crippen molar-refractivity contribution in [2.24, 2.45) is 0 Å². The van der Waals surface area contributed by atoms with Crippen LogP contribution in [0.15, 0.2) is 39.9 Å². The number of thiophene rings is 1. The van der Waals surface area contributed by atoms with Gasteiger partial charge in [-0.3, -0.25) is 4.90 Å². The third-order valence-electron chi connectivity index (χ3n) is 4.90. The predicted molar refractivity (Wildman–Crippen MR) is 105 cm³/mol. The maximum absolute atomic E-state index is 12.8. The van der Waals surface area contributed by atoms with E-state index >= 15 is 0 Å². The monoisotopic (exact) mass is 394 g/mol. The normalized spacial score (nSPS) is 17.2. The molecule has 1 unspecified atom stereocenters. The molecule has 0 saturated carbocycles. The minimum atomic E-state index is -3.56. The molecular weight excluding hydrogens is 368 g/mol. The molecule has 1 aromatic heterocycles. The van der Waals surface area contributed by atoms with Gasteiger partial charge in [0.15, 0.2) is 0 Å². The maximum Gasteiger partial charge on any atom is 0.240 e. The van der Waals surface area contributed by atoms with E-state index in [4.69, 9.17) is 4.74 Å². The van der Waals surface area contributed by atoms with Gasteiger partial charge in [0, 0.05) is 12.6 Å². The summed E-state index contributed by atoms with van der Waals surface area (Å²) >= 11 is 1.65. The summed E-state index contributed by atoms with van der Waals surface area (Å²) in [7, 11) is -1.98. The molecule has 0 radical (unpaired) electrons. The smallest absolute Gasteiger partial charge is 0.240 e. The molecule has 1 fully saturated rings. The Morgan fingerprint density at radius 3 is 2.62 bits per heavy atom. The number of hydrogen-bond donors (Lipinski definition) is 1. The van der Waals surface area contributed by atoms with E-state index in [1.807, 2.05) is 12.3 Å². The quantitative estimate of drug-likeness (QED) is 0.780. The van der Waals surface area contributed by atoms with Crippen LogP contribution in [0.2, 0.25) is 0 Å². The van der Waals surface area contributed by atoms with Gasteiger partial charge >= 0.3 is 0 Å². The van der Waals surface area contributed by atoms with Crippen molar-refractivity contribution in [2.45, 2.75) is 37.1 Å². The van der Waals surface area contributed by atoms with Crippen molar-refractivity contribution in [3.05, 3.63) is 46.2 Å². The van der Waals surface area contributed by atoms with E-state index in [1.165, 1.54) is 24.8 Å². The van der Waals surface area contributed by atoms with E-state index in [-0.39, 0.29) is 10.9 Å². The molecule has 7 heteroatoms. The standard InChI is InChI=1S/C19H26N2O3S2/c1-15-12-17(6-7-19(15)24-2)26(22,23)20-13-18(16-8-11-25-14-16)21-9-4-3-5-10-21/h6-8,11-12,14,18,20H,3-5,9-10,13H2,1-2H3. The average molecular weight is 395 g/mol. The second kappa shape index (κ2) is 8.52. The van der Waals surface area contributed by atoms with Crippen molar-refractivity contribution in [1.82, 2.24) is 9.62 Å². The first-order valence-corrected chi connectivity index (χ1v) is 11.3. The largest absolute Gasteiger partial charge is 0.496 e. The summed E-state index contributed by atoms with van der Waals surface area (Å²) in [6.07, 6.45) is 3.60. The average Bonchev–Trinajstić information content (AvgIpc) is 3.17. The molecule has 1 aromatic carbocycles. The third-order valence-corrected chi connectivity index (χ3v) is 7.03. The zero-order valence-electron chi connectivity index (χ0n) is 15.3. The van der Waals surface area contributed by atoms with Crippen LogP contribution in [-0.2, 0) is 10.0 Å². The van der Waals surface area contributed by atoms with Crippen molar-refractivity contribution >= 4 is 21.4 Å². The second-order valence-corrected chi connectivity index (χ2v) is 9.20. The zero-order chi connectivity index (χ0) is 18.6. The van der Waals surface area contributed by atoms with Crippen LogP contribution in [0.3, 0.4) is 0 Å². The van der Waals surface area contributed by atoms with Gasteiger partial charge in [-0.25, -0.2) is 13.1 Å². The highest BCUT2D eigenvalue weighted by molar-refractivity contribution is 7.89. The lowest BCUT2D eigenvalue weighted by atomic mass is 10.0. The fourth-order valence-electron chi connectivity index (χ4n) is 3.44. The second-order valence-electron chi connectivity index (χ2n) is 6.65. The van der Waals surface area contributed by atoms with Crippen LogP contribution in [0, 0.1) is 6.92 Å². The predicted octanol–water partition coefficient (Wildman–Crippen LogP) is 3.57. The highest BCUT2D eigenvalue weighted by atomic mass is 32.2. The molecule has 1 saturated heterocycles. The van der Waals surface area contributed by atoms with E-state index in [2.05, 4.69) is 21.1 Å². The first-order valence-electron chi connectivity index (χ1n) is 8.92. The molecular formula is C19H26N2O3S2. The lowest BCUT2D eigenvalue weighted by Crippen LogP contribution is -2.40. The summed E-state index contributed by atoms with van der Waals surface area (Å²) in [5.74, 6) is 0.688. The number of nitrogens with zero attached hydrogens (tertiary/aromatic N) is 1. The molecule has 26 heavy (non-hydrogen) atoms. The first kappa shape index (κ1) is 19.4. The molecule has 3 rings (SSSR count). The highest BCUT2D eigenvalue weighted by Gasteiger charge is 2.25. The topological polar surface area (TPSA) is 58.6 Å². The third kappa shape index (κ3) is 4.46. The number of piperidine rings is 1. The van der Waals surface area contributed by atoms with Crippen LogP contribution < -0.4 is 9.46 Å². The number of likely N-dealkylation sites (tertiary alicyclic amines) is 1. The van der Waals surface area contributed by atoms with E-state index in [0.717, 1.165) is 18.7 Å². The fraction of sp³-hybridized carbons (Fsp3) is 0.474. The minimum absolute atomic E-state index is 0.0793. The van der Waals surface area contributed by atoms with Crippen LogP contribution >= 0.6 is 11.3 Å². The van der Waals surface area contributed by atoms with Gasteiger partial charge in [-0.2, -0.15) is 11.3 Å². The Labute approximate surface area is 160 Å². The van der Waals surface area contributed by atoms with Gasteiger partial charge in [-0.1, -0.05) is 6.42 Å². The van der Waals surface area contributed by atoms with E-state index in [0.29, 0.717) is 12.3 Å². The van der Waals surface area contributed by atoms with Gasteiger partial charge in [0.2, 0.25) is 10.0 Å². The summed E-state index contributed by atoms with van der Waals surface area (Å²) in [5.41, 5.74) is 1.99. The molecule has 1 N–H and O–H groups in total. The number of methoxy groups -OCH3 is 1. The summed E-state index contributed by atoms with van der Waals surface area (Å²) in [5, 5.41) is 4.17. The van der Waals surface area contributed by atoms with Crippen LogP contribution in [-0.4, -0.2) is 40.1 Å². The van der Waals surface area contributed by atoms with Crippen LogP contribution in [0.25, 0.3) is 0 Å². The van der Waals surface area contributed by atoms with Crippen molar-refractivity contribution in [2.75, 3.05) is 26.7 Å². The van der Waals surface area contributed by atoms with Crippen LogP contribution in [0.5, 0.6) is 5.75 Å². The zero-order valence-corrected chi connectivity index (χ0v) is 16.9. The minimum Gasteiger partial charge on any atom is -0.496 e. The Hall–Kier alpha value is -1.41. The van der Waals surface area contributed by atoms with E-state index < -0.39 is 10.0 Å². The summed E-state index contributed by atoms with van der Waals surface area (Å²) in [6, 6.07) is 7.12. The Kier molecular flexibility index (Phi) is 6.34. The van der Waals surface area contributed by atoms with Gasteiger partial charge in [-0.05, 0) is 79.0 Å². The maximum atomic E-state index is 12.8. The van der Waals surface area contributed by atoms with Gasteiger partial charge in [0.25, 0.3) is 0 Å². The van der Waals surface area contributed by atoms with Crippen molar-refractivity contribution in [1.29, 1.82) is 0 Å². The summed E-state index contributed by atoms with van der Waals surface area (Å²) in [6.45, 7) is 4.26. The van der Waals surface area contributed by atoms with E-state index in [1.54, 1.807) is 36.6 Å². The lowest BCUT2D eigenvalue weighted by Gasteiger charge is -2.34. The fourth-order valence-corrected chi connectivity index (χ4v) is 5.27. The van der Waals surface area contributed by atoms with Gasteiger partial charge < -0.3 is 4.74 Å². The van der Waals surface area contributed by atoms with Gasteiger partial charge in [0.1, 0.15) is 5.75 Å². The molecule has 5 nitrogen and oxygen atoms in total. The molecule has 0 amide bonds. The van der Waals surface area contributed by atoms with Gasteiger partial charge in [-0.15, -0.1) is 0 Å². The van der Waals surface area contributed by atoms with Crippen molar-refractivity contribution in [3.63, 3.8) is 0 Å². The Bertz CT molecular complexity index is 813. The lowest BCUT2D eigenvalue weighted by molar-refractivity contribution is 0.165. The van der Waals surface area contributed by atoms with Crippen molar-refractivity contribution in [3.8, 4) is 5.75 Å². The molecule has 2 heterocycles. The van der Waals surface area contributed by atoms with Crippen LogP contribution in [0.4, 0.5) is 0 Å². The summed E-state index contributed by atoms with van der Waals surface area (Å²) in [4.78, 5) is 2.67.